The second kappa shape index (κ2) is 8.00. The van der Waals surface area contributed by atoms with Crippen LogP contribution in [0.1, 0.15) is 47.4 Å². The Kier molecular flexibility index (Phi) is 5.42. The molecule has 2 fully saturated rings. The molecule has 0 radical (unpaired) electrons. The number of halogens is 1. The maximum absolute atomic E-state index is 11.5. The molecule has 2 N–H and O–H groups in total. The minimum atomic E-state index is -0.802. The van der Waals surface area contributed by atoms with Crippen LogP contribution in [0.4, 0.5) is 0 Å². The Balaban J connectivity index is 1.54. The van der Waals surface area contributed by atoms with E-state index in [1.165, 1.54) is 5.56 Å². The molecule has 2 aliphatic rings. The molecule has 5 rings (SSSR count). The van der Waals surface area contributed by atoms with Gasteiger partial charge in [-0.3, -0.25) is 0 Å². The molecule has 4 heteroatoms. The van der Waals surface area contributed by atoms with Crippen LogP contribution in [0, 0.1) is 13.8 Å². The molecule has 32 heavy (non-hydrogen) atoms. The SMILES string of the molecule is Cc1ccc([C@H]2C[C@@]3(C)O[C@@H]2C(O)C(c2cc(-c4ccc(Cl)cc4)ccc2C)C3O)cc1. The lowest BCUT2D eigenvalue weighted by Crippen LogP contribution is -2.54. The van der Waals surface area contributed by atoms with Crippen LogP contribution >= 0.6 is 11.6 Å². The first-order chi connectivity index (χ1) is 15.3. The van der Waals surface area contributed by atoms with Gasteiger partial charge >= 0.3 is 0 Å². The van der Waals surface area contributed by atoms with Crippen molar-refractivity contribution in [1.29, 1.82) is 0 Å². The third-order valence-electron chi connectivity index (χ3n) is 7.42. The van der Waals surface area contributed by atoms with Crippen LogP contribution in [0.25, 0.3) is 11.1 Å². The van der Waals surface area contributed by atoms with Gasteiger partial charge in [-0.2, -0.15) is 0 Å². The minimum Gasteiger partial charge on any atom is -0.390 e. The zero-order valence-electron chi connectivity index (χ0n) is 18.6. The molecule has 3 aromatic carbocycles. The Morgan fingerprint density at radius 2 is 1.56 bits per heavy atom. The molecule has 0 amide bonds. The molecule has 0 aromatic heterocycles. The highest BCUT2D eigenvalue weighted by Crippen LogP contribution is 2.54. The number of ether oxygens (including phenoxy) is 1. The molecule has 3 nitrogen and oxygen atoms in total. The van der Waals surface area contributed by atoms with E-state index < -0.39 is 23.7 Å². The Morgan fingerprint density at radius 3 is 2.25 bits per heavy atom. The number of hydrogen-bond acceptors (Lipinski definition) is 3. The average Bonchev–Trinajstić information content (AvgIpc) is 3.11. The van der Waals surface area contributed by atoms with Crippen LogP contribution in [-0.4, -0.2) is 34.1 Å². The number of aliphatic hydroxyl groups excluding tert-OH is 2. The van der Waals surface area contributed by atoms with Crippen molar-refractivity contribution in [3.8, 4) is 11.1 Å². The fraction of sp³-hybridized carbons (Fsp3) is 0.357. The van der Waals surface area contributed by atoms with Crippen LogP contribution < -0.4 is 0 Å². The molecule has 0 saturated carbocycles. The fourth-order valence-electron chi connectivity index (χ4n) is 5.56. The summed E-state index contributed by atoms with van der Waals surface area (Å²) in [7, 11) is 0. The van der Waals surface area contributed by atoms with E-state index in [4.69, 9.17) is 16.3 Å². The number of benzene rings is 3. The van der Waals surface area contributed by atoms with Gasteiger partial charge in [0.1, 0.15) is 0 Å². The highest BCUT2D eigenvalue weighted by Gasteiger charge is 2.59. The summed E-state index contributed by atoms with van der Waals surface area (Å²) in [6.45, 7) is 6.09. The molecule has 3 unspecified atom stereocenters. The smallest absolute Gasteiger partial charge is 0.0931 e. The van der Waals surface area contributed by atoms with Crippen molar-refractivity contribution in [1.82, 2.24) is 0 Å². The maximum Gasteiger partial charge on any atom is 0.0931 e. The monoisotopic (exact) mass is 448 g/mol. The summed E-state index contributed by atoms with van der Waals surface area (Å²) in [5.41, 5.74) is 5.79. The number of hydrogen-bond donors (Lipinski definition) is 2. The predicted molar refractivity (Wildman–Crippen MR) is 128 cm³/mol. The minimum absolute atomic E-state index is 0.0509. The fourth-order valence-corrected chi connectivity index (χ4v) is 5.69. The number of aliphatic hydroxyl groups is 2. The molecule has 2 bridgehead atoms. The van der Waals surface area contributed by atoms with E-state index in [0.29, 0.717) is 11.4 Å². The van der Waals surface area contributed by atoms with Crippen molar-refractivity contribution < 1.29 is 14.9 Å². The van der Waals surface area contributed by atoms with Crippen LogP contribution in [0.3, 0.4) is 0 Å². The second-order valence-electron chi connectivity index (χ2n) is 9.66. The largest absolute Gasteiger partial charge is 0.390 e. The normalized spacial score (nSPS) is 31.6. The molecule has 2 saturated heterocycles. The van der Waals surface area contributed by atoms with E-state index >= 15 is 0 Å². The molecule has 0 aliphatic carbocycles. The standard InChI is InChI=1S/C28H29ClO3/c1-16-4-7-19(8-5-16)23-15-28(3)27(31)24(25(30)26(23)32-28)22-14-20(9-6-17(22)2)18-10-12-21(29)13-11-18/h4-14,23-27,30-31H,15H2,1-3H3/t23-,24?,25?,26+,27?,28-/m1/s1. The van der Waals surface area contributed by atoms with Gasteiger partial charge in [0, 0.05) is 16.9 Å². The van der Waals surface area contributed by atoms with Gasteiger partial charge in [0.15, 0.2) is 0 Å². The summed E-state index contributed by atoms with van der Waals surface area (Å²) < 4.78 is 6.31. The molecular weight excluding hydrogens is 420 g/mol. The Morgan fingerprint density at radius 1 is 0.906 bits per heavy atom. The average molecular weight is 449 g/mol. The number of rotatable bonds is 3. The highest BCUT2D eigenvalue weighted by molar-refractivity contribution is 6.30. The molecule has 3 aromatic rings. The van der Waals surface area contributed by atoms with Crippen LogP contribution in [0.5, 0.6) is 0 Å². The number of aryl methyl sites for hydroxylation is 2. The summed E-state index contributed by atoms with van der Waals surface area (Å²) in [6, 6.07) is 22.4. The lowest BCUT2D eigenvalue weighted by molar-refractivity contribution is -0.194. The van der Waals surface area contributed by atoms with E-state index in [-0.39, 0.29) is 12.0 Å². The van der Waals surface area contributed by atoms with Crippen molar-refractivity contribution in [2.24, 2.45) is 0 Å². The first kappa shape index (κ1) is 21.7. The summed E-state index contributed by atoms with van der Waals surface area (Å²) in [4.78, 5) is 0. The lowest BCUT2D eigenvalue weighted by Gasteiger charge is -2.44. The Hall–Kier alpha value is -2.17. The van der Waals surface area contributed by atoms with Crippen molar-refractivity contribution in [3.63, 3.8) is 0 Å². The van der Waals surface area contributed by atoms with E-state index in [2.05, 4.69) is 49.4 Å². The zero-order chi connectivity index (χ0) is 22.6. The van der Waals surface area contributed by atoms with Crippen LogP contribution in [0.15, 0.2) is 66.7 Å². The van der Waals surface area contributed by atoms with Gasteiger partial charge in [0.2, 0.25) is 0 Å². The lowest BCUT2D eigenvalue weighted by atomic mass is 9.77. The van der Waals surface area contributed by atoms with Crippen molar-refractivity contribution in [2.75, 3.05) is 0 Å². The third kappa shape index (κ3) is 3.58. The predicted octanol–water partition coefficient (Wildman–Crippen LogP) is 5.77. The van der Waals surface area contributed by atoms with E-state index in [9.17, 15) is 10.2 Å². The van der Waals surface area contributed by atoms with Crippen molar-refractivity contribution in [3.05, 3.63) is 94.0 Å². The Bertz CT molecular complexity index is 1120. The molecule has 166 valence electrons. The van der Waals surface area contributed by atoms with Gasteiger partial charge < -0.3 is 14.9 Å². The van der Waals surface area contributed by atoms with Gasteiger partial charge in [0.25, 0.3) is 0 Å². The molecule has 2 heterocycles. The summed E-state index contributed by atoms with van der Waals surface area (Å²) in [6.07, 6.45) is -1.27. The molecule has 6 atom stereocenters. The number of fused-ring (bicyclic) bond motifs is 2. The zero-order valence-corrected chi connectivity index (χ0v) is 19.4. The molecule has 2 aliphatic heterocycles. The van der Waals surface area contributed by atoms with Gasteiger partial charge in [-0.25, -0.2) is 0 Å². The summed E-state index contributed by atoms with van der Waals surface area (Å²) in [5, 5.41) is 23.7. The van der Waals surface area contributed by atoms with Crippen LogP contribution in [0.2, 0.25) is 5.02 Å². The quantitative estimate of drug-likeness (QED) is 0.534. The maximum atomic E-state index is 11.5. The van der Waals surface area contributed by atoms with Crippen LogP contribution in [-0.2, 0) is 4.74 Å². The molecule has 0 spiro atoms. The van der Waals surface area contributed by atoms with Gasteiger partial charge in [-0.15, -0.1) is 0 Å². The van der Waals surface area contributed by atoms with Gasteiger partial charge in [-0.05, 0) is 67.1 Å². The van der Waals surface area contributed by atoms with Crippen molar-refractivity contribution in [2.45, 2.75) is 62.9 Å². The first-order valence-electron chi connectivity index (χ1n) is 11.2. The van der Waals surface area contributed by atoms with E-state index in [0.717, 1.165) is 27.8 Å². The topological polar surface area (TPSA) is 49.7 Å². The highest BCUT2D eigenvalue weighted by atomic mass is 35.5. The third-order valence-corrected chi connectivity index (χ3v) is 7.67. The van der Waals surface area contributed by atoms with E-state index in [1.807, 2.05) is 38.1 Å². The van der Waals surface area contributed by atoms with Gasteiger partial charge in [-0.1, -0.05) is 71.8 Å². The molecular formula is C28H29ClO3. The van der Waals surface area contributed by atoms with Gasteiger partial charge in [0.05, 0.1) is 23.9 Å². The summed E-state index contributed by atoms with van der Waals surface area (Å²) >= 11 is 6.06. The van der Waals surface area contributed by atoms with E-state index in [1.54, 1.807) is 0 Å². The van der Waals surface area contributed by atoms with Crippen molar-refractivity contribution >= 4 is 11.6 Å². The Labute approximate surface area is 194 Å². The first-order valence-corrected chi connectivity index (χ1v) is 11.6. The summed E-state index contributed by atoms with van der Waals surface area (Å²) in [5.74, 6) is -0.364. The second-order valence-corrected chi connectivity index (χ2v) is 10.1.